The summed E-state index contributed by atoms with van der Waals surface area (Å²) >= 11 is 0. The van der Waals surface area contributed by atoms with Crippen LogP contribution in [-0.2, 0) is 6.54 Å². The topological polar surface area (TPSA) is 56.3 Å². The Bertz CT molecular complexity index is 553. The zero-order valence-corrected chi connectivity index (χ0v) is 10.7. The van der Waals surface area contributed by atoms with Crippen molar-refractivity contribution in [1.29, 1.82) is 0 Å². The minimum Gasteiger partial charge on any atom is -0.497 e. The average molecular weight is 281 g/mol. The Labute approximate surface area is 114 Å². The summed E-state index contributed by atoms with van der Waals surface area (Å²) in [7, 11) is 1.50. The molecule has 20 heavy (non-hydrogen) atoms. The van der Waals surface area contributed by atoms with E-state index in [2.05, 4.69) is 20.0 Å². The Kier molecular flexibility index (Phi) is 4.65. The van der Waals surface area contributed by atoms with E-state index in [1.165, 1.54) is 13.2 Å². The van der Waals surface area contributed by atoms with Crippen molar-refractivity contribution in [1.82, 2.24) is 9.97 Å². The molecule has 1 aromatic carbocycles. The van der Waals surface area contributed by atoms with Crippen LogP contribution in [0.25, 0.3) is 0 Å². The summed E-state index contributed by atoms with van der Waals surface area (Å²) in [5.41, 5.74) is 1.08. The Hall–Kier alpha value is -2.44. The molecule has 0 saturated heterocycles. The first-order chi connectivity index (χ1) is 9.69. The van der Waals surface area contributed by atoms with E-state index >= 15 is 0 Å². The number of halogens is 2. The Morgan fingerprint density at radius 2 is 2.15 bits per heavy atom. The number of benzene rings is 1. The summed E-state index contributed by atoms with van der Waals surface area (Å²) in [6.45, 7) is -2.55. The van der Waals surface area contributed by atoms with Crippen molar-refractivity contribution in [3.05, 3.63) is 42.5 Å². The molecule has 0 fully saturated rings. The van der Waals surface area contributed by atoms with E-state index in [0.29, 0.717) is 23.7 Å². The highest BCUT2D eigenvalue weighted by Crippen LogP contribution is 2.30. The zero-order chi connectivity index (χ0) is 14.4. The fourth-order valence-electron chi connectivity index (χ4n) is 1.58. The van der Waals surface area contributed by atoms with Gasteiger partial charge in [-0.05, 0) is 12.1 Å². The molecule has 5 nitrogen and oxygen atoms in total. The molecule has 0 bridgehead atoms. The monoisotopic (exact) mass is 281 g/mol. The molecule has 1 N–H and O–H groups in total. The van der Waals surface area contributed by atoms with Gasteiger partial charge in [0.25, 0.3) is 0 Å². The van der Waals surface area contributed by atoms with E-state index in [1.807, 2.05) is 0 Å². The lowest BCUT2D eigenvalue weighted by molar-refractivity contribution is -0.0494. The number of nitrogens with zero attached hydrogens (tertiary/aromatic N) is 2. The highest BCUT2D eigenvalue weighted by atomic mass is 19.3. The third-order valence-electron chi connectivity index (χ3n) is 2.48. The molecule has 106 valence electrons. The molecular formula is C13H13F2N3O2. The number of hydrogen-bond donors (Lipinski definition) is 1. The number of aromatic nitrogens is 2. The second-order valence-corrected chi connectivity index (χ2v) is 3.79. The summed E-state index contributed by atoms with van der Waals surface area (Å²) in [5, 5.41) is 2.97. The van der Waals surface area contributed by atoms with E-state index in [0.717, 1.165) is 0 Å². The summed E-state index contributed by atoms with van der Waals surface area (Å²) in [4.78, 5) is 8.00. The van der Waals surface area contributed by atoms with E-state index in [1.54, 1.807) is 30.7 Å². The standard InChI is InChI=1S/C13H13F2N3O2/c1-19-10-2-3-12(20-13(14)15)11(6-10)18-8-9-7-16-4-5-17-9/h2-7,13,18H,8H2,1H3. The van der Waals surface area contributed by atoms with Crippen LogP contribution in [0.3, 0.4) is 0 Å². The summed E-state index contributed by atoms with van der Waals surface area (Å²) < 4.78 is 34.2. The van der Waals surface area contributed by atoms with E-state index in [9.17, 15) is 8.78 Å². The molecule has 1 heterocycles. The van der Waals surface area contributed by atoms with Crippen molar-refractivity contribution < 1.29 is 18.3 Å². The van der Waals surface area contributed by atoms with Crippen LogP contribution in [0, 0.1) is 0 Å². The highest BCUT2D eigenvalue weighted by molar-refractivity contribution is 5.59. The number of alkyl halides is 2. The molecule has 2 rings (SSSR count). The Morgan fingerprint density at radius 3 is 2.80 bits per heavy atom. The third-order valence-corrected chi connectivity index (χ3v) is 2.48. The molecule has 0 radical (unpaired) electrons. The molecule has 2 aromatic rings. The van der Waals surface area contributed by atoms with Crippen molar-refractivity contribution >= 4 is 5.69 Å². The van der Waals surface area contributed by atoms with Crippen molar-refractivity contribution in [3.8, 4) is 11.5 Å². The van der Waals surface area contributed by atoms with Gasteiger partial charge in [-0.25, -0.2) is 0 Å². The zero-order valence-electron chi connectivity index (χ0n) is 10.7. The van der Waals surface area contributed by atoms with Crippen LogP contribution < -0.4 is 14.8 Å². The third kappa shape index (κ3) is 3.78. The van der Waals surface area contributed by atoms with Crippen molar-refractivity contribution in [2.45, 2.75) is 13.2 Å². The van der Waals surface area contributed by atoms with E-state index < -0.39 is 6.61 Å². The number of nitrogens with one attached hydrogen (secondary N) is 1. The molecule has 0 aliphatic rings. The molecular weight excluding hydrogens is 268 g/mol. The second kappa shape index (κ2) is 6.65. The van der Waals surface area contributed by atoms with Crippen LogP contribution in [0.15, 0.2) is 36.8 Å². The van der Waals surface area contributed by atoms with Crippen LogP contribution in [0.4, 0.5) is 14.5 Å². The van der Waals surface area contributed by atoms with Gasteiger partial charge in [-0.3, -0.25) is 9.97 Å². The maximum atomic E-state index is 12.3. The predicted molar refractivity (Wildman–Crippen MR) is 69.0 cm³/mol. The first-order valence-electron chi connectivity index (χ1n) is 5.80. The van der Waals surface area contributed by atoms with Gasteiger partial charge in [0, 0.05) is 18.5 Å². The van der Waals surface area contributed by atoms with Crippen molar-refractivity contribution in [2.24, 2.45) is 0 Å². The lowest BCUT2D eigenvalue weighted by atomic mass is 10.2. The maximum Gasteiger partial charge on any atom is 0.387 e. The first kappa shape index (κ1) is 14.0. The SMILES string of the molecule is COc1ccc(OC(F)F)c(NCc2cnccn2)c1. The van der Waals surface area contributed by atoms with E-state index in [-0.39, 0.29) is 5.75 Å². The number of methoxy groups -OCH3 is 1. The molecule has 0 atom stereocenters. The molecule has 0 unspecified atom stereocenters. The normalized spacial score (nSPS) is 10.4. The maximum absolute atomic E-state index is 12.3. The fraction of sp³-hybridized carbons (Fsp3) is 0.231. The summed E-state index contributed by atoms with van der Waals surface area (Å²) in [5.74, 6) is 0.581. The van der Waals surface area contributed by atoms with Crippen LogP contribution in [0.1, 0.15) is 5.69 Å². The smallest absolute Gasteiger partial charge is 0.387 e. The number of rotatable bonds is 6. The molecule has 7 heteroatoms. The van der Waals surface area contributed by atoms with Gasteiger partial charge in [-0.15, -0.1) is 0 Å². The summed E-state index contributed by atoms with van der Waals surface area (Å²) in [6, 6.07) is 4.54. The largest absolute Gasteiger partial charge is 0.497 e. The summed E-state index contributed by atoms with van der Waals surface area (Å²) in [6.07, 6.45) is 4.69. The van der Waals surface area contributed by atoms with Crippen LogP contribution >= 0.6 is 0 Å². The van der Waals surface area contributed by atoms with Crippen LogP contribution in [0.2, 0.25) is 0 Å². The van der Waals surface area contributed by atoms with Crippen LogP contribution in [-0.4, -0.2) is 23.7 Å². The number of ether oxygens (including phenoxy) is 2. The Balaban J connectivity index is 2.15. The fourth-order valence-corrected chi connectivity index (χ4v) is 1.58. The van der Waals surface area contributed by atoms with Crippen LogP contribution in [0.5, 0.6) is 11.5 Å². The van der Waals surface area contributed by atoms with Gasteiger partial charge >= 0.3 is 6.61 Å². The molecule has 0 spiro atoms. The van der Waals surface area contributed by atoms with Gasteiger partial charge in [0.15, 0.2) is 0 Å². The van der Waals surface area contributed by atoms with Crippen molar-refractivity contribution in [2.75, 3.05) is 12.4 Å². The van der Waals surface area contributed by atoms with Gasteiger partial charge in [0.05, 0.1) is 31.2 Å². The van der Waals surface area contributed by atoms with E-state index in [4.69, 9.17) is 4.74 Å². The Morgan fingerprint density at radius 1 is 1.30 bits per heavy atom. The first-order valence-corrected chi connectivity index (χ1v) is 5.80. The van der Waals surface area contributed by atoms with Gasteiger partial charge in [-0.1, -0.05) is 0 Å². The lowest BCUT2D eigenvalue weighted by Gasteiger charge is -2.13. The molecule has 0 aliphatic heterocycles. The minimum atomic E-state index is -2.89. The van der Waals surface area contributed by atoms with Crippen molar-refractivity contribution in [3.63, 3.8) is 0 Å². The molecule has 1 aromatic heterocycles. The molecule has 0 saturated carbocycles. The average Bonchev–Trinajstić information content (AvgIpc) is 2.47. The highest BCUT2D eigenvalue weighted by Gasteiger charge is 2.11. The van der Waals surface area contributed by atoms with Gasteiger partial charge in [0.1, 0.15) is 11.5 Å². The number of hydrogen-bond acceptors (Lipinski definition) is 5. The molecule has 0 amide bonds. The molecule has 0 aliphatic carbocycles. The second-order valence-electron chi connectivity index (χ2n) is 3.79. The predicted octanol–water partition coefficient (Wildman–Crippen LogP) is 2.70. The minimum absolute atomic E-state index is 0.0460. The van der Waals surface area contributed by atoms with Gasteiger partial charge in [0.2, 0.25) is 0 Å². The quantitative estimate of drug-likeness (QED) is 0.882. The lowest BCUT2D eigenvalue weighted by Crippen LogP contribution is -2.07. The van der Waals surface area contributed by atoms with Gasteiger partial charge in [-0.2, -0.15) is 8.78 Å². The number of anilines is 1. The van der Waals surface area contributed by atoms with Gasteiger partial charge < -0.3 is 14.8 Å².